The second kappa shape index (κ2) is 6.46. The van der Waals surface area contributed by atoms with Crippen LogP contribution in [0.25, 0.3) is 21.5 Å². The molecule has 0 spiro atoms. The van der Waals surface area contributed by atoms with Crippen LogP contribution >= 0.6 is 0 Å². The van der Waals surface area contributed by atoms with Crippen molar-refractivity contribution >= 4 is 43.0 Å². The van der Waals surface area contributed by atoms with Crippen LogP contribution in [0.4, 0.5) is 11.4 Å². The molecule has 0 bridgehead atoms. The first-order valence-electron chi connectivity index (χ1n) is 8.07. The van der Waals surface area contributed by atoms with Gasteiger partial charge in [0.2, 0.25) is 0 Å². The lowest BCUT2D eigenvalue weighted by atomic mass is 10.1. The second-order valence-corrected chi connectivity index (χ2v) is 7.34. The van der Waals surface area contributed by atoms with Gasteiger partial charge in [0.1, 0.15) is 10.6 Å². The van der Waals surface area contributed by atoms with E-state index in [1.807, 2.05) is 18.2 Å². The highest BCUT2D eigenvalue weighted by molar-refractivity contribution is 7.86. The predicted molar refractivity (Wildman–Crippen MR) is 104 cm³/mol. The summed E-state index contributed by atoms with van der Waals surface area (Å²) in [4.78, 5) is -0.174. The summed E-state index contributed by atoms with van der Waals surface area (Å²) in [6.45, 7) is 0. The molecule has 4 aromatic carbocycles. The Hall–Kier alpha value is -3.29. The minimum absolute atomic E-state index is 0.160. The fourth-order valence-electron chi connectivity index (χ4n) is 3.03. The van der Waals surface area contributed by atoms with Crippen LogP contribution in [0.3, 0.4) is 0 Å². The molecule has 0 aliphatic heterocycles. The van der Waals surface area contributed by atoms with Crippen molar-refractivity contribution in [2.75, 3.05) is 0 Å². The second-order valence-electron chi connectivity index (χ2n) is 5.95. The van der Waals surface area contributed by atoms with Gasteiger partial charge in [-0.05, 0) is 24.3 Å². The van der Waals surface area contributed by atoms with Crippen molar-refractivity contribution < 1.29 is 18.1 Å². The van der Waals surface area contributed by atoms with Crippen LogP contribution in [0.5, 0.6) is 5.75 Å². The molecule has 0 radical (unpaired) electrons. The van der Waals surface area contributed by atoms with Gasteiger partial charge in [0.25, 0.3) is 10.1 Å². The fourth-order valence-corrected chi connectivity index (χ4v) is 3.73. The monoisotopic (exact) mass is 378 g/mol. The molecule has 0 fully saturated rings. The molecule has 0 atom stereocenters. The van der Waals surface area contributed by atoms with Crippen molar-refractivity contribution in [2.45, 2.75) is 4.90 Å². The van der Waals surface area contributed by atoms with Crippen molar-refractivity contribution in [3.63, 3.8) is 0 Å². The maximum absolute atomic E-state index is 11.6. The molecule has 134 valence electrons. The molecule has 0 saturated heterocycles. The largest absolute Gasteiger partial charge is 0.507 e. The minimum atomic E-state index is -4.35. The van der Waals surface area contributed by atoms with Gasteiger partial charge >= 0.3 is 0 Å². The van der Waals surface area contributed by atoms with Crippen molar-refractivity contribution in [1.82, 2.24) is 0 Å². The Bertz CT molecular complexity index is 1310. The summed E-state index contributed by atoms with van der Waals surface area (Å²) in [7, 11) is -4.35. The number of benzene rings is 4. The van der Waals surface area contributed by atoms with Crippen LogP contribution in [-0.2, 0) is 10.1 Å². The third-order valence-electron chi connectivity index (χ3n) is 4.28. The zero-order valence-electron chi connectivity index (χ0n) is 13.9. The van der Waals surface area contributed by atoms with Gasteiger partial charge in [-0.25, -0.2) is 0 Å². The lowest BCUT2D eigenvalue weighted by Gasteiger charge is -2.06. The summed E-state index contributed by atoms with van der Waals surface area (Å²) in [5.41, 5.74) is 1.04. The molecule has 27 heavy (non-hydrogen) atoms. The molecule has 6 nitrogen and oxygen atoms in total. The van der Waals surface area contributed by atoms with E-state index in [0.29, 0.717) is 27.5 Å². The number of phenols is 1. The Balaban J connectivity index is 1.87. The highest BCUT2D eigenvalue weighted by atomic mass is 32.2. The summed E-state index contributed by atoms with van der Waals surface area (Å²) in [5, 5.41) is 20.9. The first-order chi connectivity index (χ1) is 12.9. The predicted octanol–water partition coefficient (Wildman–Crippen LogP) is 5.36. The van der Waals surface area contributed by atoms with Crippen molar-refractivity contribution in [2.24, 2.45) is 10.2 Å². The number of azo groups is 1. The van der Waals surface area contributed by atoms with Crippen molar-refractivity contribution in [3.05, 3.63) is 72.8 Å². The fraction of sp³-hybridized carbons (Fsp3) is 0. The highest BCUT2D eigenvalue weighted by Gasteiger charge is 2.15. The zero-order chi connectivity index (χ0) is 19.0. The SMILES string of the molecule is O=S(=O)(O)c1ccc(N=Nc2ccc(O)c3ccccc23)c2ccccc12. The molecule has 7 heteroatoms. The quantitative estimate of drug-likeness (QED) is 0.370. The van der Waals surface area contributed by atoms with E-state index in [1.54, 1.807) is 42.5 Å². The van der Waals surface area contributed by atoms with Gasteiger partial charge in [-0.1, -0.05) is 48.5 Å². The topological polar surface area (TPSA) is 99.3 Å². The van der Waals surface area contributed by atoms with Gasteiger partial charge in [-0.3, -0.25) is 4.55 Å². The maximum atomic E-state index is 11.6. The number of phenolic OH excluding ortho intramolecular Hbond substituents is 1. The van der Waals surface area contributed by atoms with Crippen LogP contribution in [0.15, 0.2) is 87.9 Å². The lowest BCUT2D eigenvalue weighted by molar-refractivity contribution is 0.481. The van der Waals surface area contributed by atoms with Crippen LogP contribution in [0.1, 0.15) is 0 Å². The first kappa shape index (κ1) is 17.1. The van der Waals surface area contributed by atoms with Gasteiger partial charge in [0.15, 0.2) is 0 Å². The number of rotatable bonds is 3. The number of fused-ring (bicyclic) bond motifs is 2. The van der Waals surface area contributed by atoms with E-state index in [1.165, 1.54) is 12.1 Å². The smallest absolute Gasteiger partial charge is 0.295 e. The molecule has 4 rings (SSSR count). The summed E-state index contributed by atoms with van der Waals surface area (Å²) < 4.78 is 32.6. The van der Waals surface area contributed by atoms with Crippen LogP contribution in [-0.4, -0.2) is 18.1 Å². The molecule has 4 aromatic rings. The Kier molecular flexibility index (Phi) is 4.10. The van der Waals surface area contributed by atoms with E-state index in [2.05, 4.69) is 10.2 Å². The molecular weight excluding hydrogens is 364 g/mol. The highest BCUT2D eigenvalue weighted by Crippen LogP contribution is 2.35. The van der Waals surface area contributed by atoms with E-state index < -0.39 is 10.1 Å². The minimum Gasteiger partial charge on any atom is -0.507 e. The Morgan fingerprint density at radius 1 is 0.630 bits per heavy atom. The van der Waals surface area contributed by atoms with Crippen LogP contribution < -0.4 is 0 Å². The van der Waals surface area contributed by atoms with Gasteiger partial charge in [-0.2, -0.15) is 8.42 Å². The van der Waals surface area contributed by atoms with Gasteiger partial charge in [-0.15, -0.1) is 10.2 Å². The third kappa shape index (κ3) is 3.14. The van der Waals surface area contributed by atoms with E-state index >= 15 is 0 Å². The van der Waals surface area contributed by atoms with Gasteiger partial charge < -0.3 is 5.11 Å². The normalized spacial score (nSPS) is 12.2. The van der Waals surface area contributed by atoms with E-state index in [4.69, 9.17) is 0 Å². The Morgan fingerprint density at radius 2 is 1.11 bits per heavy atom. The standard InChI is InChI=1S/C20H14N2O4S/c23-19-11-9-17(13-5-1-3-7-15(13)19)21-22-18-10-12-20(27(24,25)26)16-8-4-2-6-14(16)18/h1-12,23H,(H,24,25,26). The van der Waals surface area contributed by atoms with Gasteiger partial charge in [0, 0.05) is 21.5 Å². The molecule has 0 saturated carbocycles. The third-order valence-corrected chi connectivity index (χ3v) is 5.19. The summed E-state index contributed by atoms with van der Waals surface area (Å²) in [5.74, 6) is 0.160. The molecule has 0 aromatic heterocycles. The average molecular weight is 378 g/mol. The van der Waals surface area contributed by atoms with Crippen LogP contribution in [0.2, 0.25) is 0 Å². The molecule has 0 aliphatic rings. The molecule has 0 amide bonds. The number of aromatic hydroxyl groups is 1. The first-order valence-corrected chi connectivity index (χ1v) is 9.51. The summed E-state index contributed by atoms with van der Waals surface area (Å²) >= 11 is 0. The van der Waals surface area contributed by atoms with Crippen LogP contribution in [0, 0.1) is 0 Å². The Labute approximate surface area is 155 Å². The Morgan fingerprint density at radius 3 is 1.70 bits per heavy atom. The average Bonchev–Trinajstić information content (AvgIpc) is 2.66. The molecular formula is C20H14N2O4S. The number of hydrogen-bond donors (Lipinski definition) is 2. The van der Waals surface area contributed by atoms with E-state index in [-0.39, 0.29) is 10.6 Å². The summed E-state index contributed by atoms with van der Waals surface area (Å²) in [6.07, 6.45) is 0. The van der Waals surface area contributed by atoms with E-state index in [0.717, 1.165) is 5.39 Å². The zero-order valence-corrected chi connectivity index (χ0v) is 14.8. The maximum Gasteiger partial charge on any atom is 0.295 e. The van der Waals surface area contributed by atoms with E-state index in [9.17, 15) is 18.1 Å². The summed E-state index contributed by atoms with van der Waals surface area (Å²) in [6, 6.07) is 20.1. The number of nitrogens with zero attached hydrogens (tertiary/aromatic N) is 2. The molecule has 2 N–H and O–H groups in total. The number of hydrogen-bond acceptors (Lipinski definition) is 5. The van der Waals surface area contributed by atoms with Gasteiger partial charge in [0.05, 0.1) is 11.4 Å². The molecule has 0 unspecified atom stereocenters. The lowest BCUT2D eigenvalue weighted by Crippen LogP contribution is -1.98. The van der Waals surface area contributed by atoms with Crippen molar-refractivity contribution in [3.8, 4) is 5.75 Å². The van der Waals surface area contributed by atoms with Crippen molar-refractivity contribution in [1.29, 1.82) is 0 Å². The molecule has 0 heterocycles. The molecule has 0 aliphatic carbocycles.